The number of aryl methyl sites for hydroxylation is 2. The van der Waals surface area contributed by atoms with Crippen LogP contribution in [0, 0.1) is 19.7 Å². The van der Waals surface area contributed by atoms with E-state index in [4.69, 9.17) is 9.47 Å². The molecule has 20 heavy (non-hydrogen) atoms. The minimum atomic E-state index is -0.455. The maximum absolute atomic E-state index is 13.5. The number of aromatic nitrogens is 1. The van der Waals surface area contributed by atoms with Crippen LogP contribution >= 0.6 is 0 Å². The largest absolute Gasteiger partial charge is 0.481 e. The molecule has 0 bridgehead atoms. The normalized spacial score (nSPS) is 10.6. The summed E-state index contributed by atoms with van der Waals surface area (Å²) in [5.74, 6) is -0.381. The zero-order valence-electron chi connectivity index (χ0n) is 11.7. The topological polar surface area (TPSA) is 48.4 Å². The van der Waals surface area contributed by atoms with Crippen LogP contribution in [-0.2, 0) is 9.53 Å². The lowest BCUT2D eigenvalue weighted by atomic mass is 10.1. The van der Waals surface area contributed by atoms with Crippen molar-refractivity contribution in [3.8, 4) is 5.75 Å². The van der Waals surface area contributed by atoms with E-state index in [-0.39, 0.29) is 12.4 Å². The van der Waals surface area contributed by atoms with Gasteiger partial charge in [-0.3, -0.25) is 4.98 Å². The van der Waals surface area contributed by atoms with Crippen LogP contribution in [0.4, 0.5) is 4.39 Å². The molecule has 0 spiro atoms. The number of rotatable bonds is 4. The first-order valence-corrected chi connectivity index (χ1v) is 6.37. The van der Waals surface area contributed by atoms with Crippen LogP contribution in [0.2, 0.25) is 0 Å². The van der Waals surface area contributed by atoms with Crippen molar-refractivity contribution in [1.29, 1.82) is 0 Å². The van der Waals surface area contributed by atoms with Crippen molar-refractivity contribution in [2.24, 2.45) is 0 Å². The number of benzene rings is 1. The summed E-state index contributed by atoms with van der Waals surface area (Å²) in [4.78, 5) is 15.7. The number of pyridine rings is 1. The summed E-state index contributed by atoms with van der Waals surface area (Å²) in [7, 11) is 0. The summed E-state index contributed by atoms with van der Waals surface area (Å²) in [6, 6.07) is 4.46. The van der Waals surface area contributed by atoms with E-state index in [1.54, 1.807) is 19.9 Å². The van der Waals surface area contributed by atoms with Gasteiger partial charge in [-0.1, -0.05) is 0 Å². The van der Waals surface area contributed by atoms with E-state index in [9.17, 15) is 9.18 Å². The molecule has 0 aliphatic rings. The molecule has 0 radical (unpaired) electrons. The fourth-order valence-corrected chi connectivity index (χ4v) is 2.01. The van der Waals surface area contributed by atoms with Crippen LogP contribution in [-0.4, -0.2) is 24.2 Å². The lowest BCUT2D eigenvalue weighted by Crippen LogP contribution is -2.14. The van der Waals surface area contributed by atoms with E-state index in [0.29, 0.717) is 23.3 Å². The number of carbonyl (C=O) groups excluding carboxylic acids is 1. The van der Waals surface area contributed by atoms with Crippen molar-refractivity contribution in [2.75, 3.05) is 13.2 Å². The first-order chi connectivity index (χ1) is 9.51. The third kappa shape index (κ3) is 3.04. The van der Waals surface area contributed by atoms with Crippen molar-refractivity contribution in [2.45, 2.75) is 20.8 Å². The molecule has 0 aliphatic heterocycles. The SMILES string of the molecule is CCOC(=O)COc1cc(C)nc2c(C)cc(F)cc12. The Morgan fingerprint density at radius 1 is 1.30 bits per heavy atom. The molecule has 2 aromatic rings. The highest BCUT2D eigenvalue weighted by Gasteiger charge is 2.11. The number of hydrogen-bond donors (Lipinski definition) is 0. The van der Waals surface area contributed by atoms with Gasteiger partial charge in [0, 0.05) is 17.1 Å². The Morgan fingerprint density at radius 3 is 2.75 bits per heavy atom. The minimum absolute atomic E-state index is 0.206. The number of carbonyl (C=O) groups is 1. The summed E-state index contributed by atoms with van der Waals surface area (Å²) < 4.78 is 23.8. The van der Waals surface area contributed by atoms with Crippen LogP contribution < -0.4 is 4.74 Å². The molecule has 4 nitrogen and oxygen atoms in total. The average molecular weight is 277 g/mol. The first kappa shape index (κ1) is 14.2. The summed E-state index contributed by atoms with van der Waals surface area (Å²) in [5.41, 5.74) is 2.14. The van der Waals surface area contributed by atoms with Crippen LogP contribution in [0.1, 0.15) is 18.2 Å². The van der Waals surface area contributed by atoms with Crippen LogP contribution in [0.3, 0.4) is 0 Å². The number of nitrogens with zero attached hydrogens (tertiary/aromatic N) is 1. The summed E-state index contributed by atoms with van der Waals surface area (Å²) >= 11 is 0. The van der Waals surface area contributed by atoms with Crippen LogP contribution in [0.15, 0.2) is 18.2 Å². The van der Waals surface area contributed by atoms with Gasteiger partial charge in [-0.25, -0.2) is 9.18 Å². The molecule has 0 fully saturated rings. The molecule has 0 aliphatic carbocycles. The molecule has 106 valence electrons. The molecule has 1 aromatic carbocycles. The molecule has 0 atom stereocenters. The van der Waals surface area contributed by atoms with E-state index in [0.717, 1.165) is 11.3 Å². The highest BCUT2D eigenvalue weighted by Crippen LogP contribution is 2.28. The molecule has 1 heterocycles. The third-order valence-corrected chi connectivity index (χ3v) is 2.81. The Hall–Kier alpha value is -2.17. The average Bonchev–Trinajstić information content (AvgIpc) is 2.37. The molecule has 0 unspecified atom stereocenters. The molecule has 0 saturated heterocycles. The van der Waals surface area contributed by atoms with Crippen LogP contribution in [0.5, 0.6) is 5.75 Å². The Kier molecular flexibility index (Phi) is 4.17. The maximum Gasteiger partial charge on any atom is 0.344 e. The fraction of sp³-hybridized carbons (Fsp3) is 0.333. The molecule has 0 N–H and O–H groups in total. The van der Waals surface area contributed by atoms with Crippen molar-refractivity contribution in [3.63, 3.8) is 0 Å². The minimum Gasteiger partial charge on any atom is -0.481 e. The summed E-state index contributed by atoms with van der Waals surface area (Å²) in [6.07, 6.45) is 0. The Bertz CT molecular complexity index is 655. The highest BCUT2D eigenvalue weighted by atomic mass is 19.1. The third-order valence-electron chi connectivity index (χ3n) is 2.81. The van der Waals surface area contributed by atoms with Gasteiger partial charge in [-0.15, -0.1) is 0 Å². The van der Waals surface area contributed by atoms with Gasteiger partial charge in [0.15, 0.2) is 6.61 Å². The van der Waals surface area contributed by atoms with Crippen molar-refractivity contribution in [3.05, 3.63) is 35.3 Å². The van der Waals surface area contributed by atoms with Gasteiger partial charge in [0.05, 0.1) is 12.1 Å². The van der Waals surface area contributed by atoms with E-state index >= 15 is 0 Å². The van der Waals surface area contributed by atoms with Crippen molar-refractivity contribution < 1.29 is 18.7 Å². The standard InChI is InChI=1S/C15H16FNO3/c1-4-19-14(18)8-20-13-6-10(3)17-15-9(2)5-11(16)7-12(13)15/h5-7H,4,8H2,1-3H3. The number of ether oxygens (including phenoxy) is 2. The quantitative estimate of drug-likeness (QED) is 0.806. The fourth-order valence-electron chi connectivity index (χ4n) is 2.01. The second kappa shape index (κ2) is 5.86. The van der Waals surface area contributed by atoms with Gasteiger partial charge >= 0.3 is 5.97 Å². The first-order valence-electron chi connectivity index (χ1n) is 6.37. The molecular weight excluding hydrogens is 261 g/mol. The van der Waals surface area contributed by atoms with Gasteiger partial charge < -0.3 is 9.47 Å². The molecule has 2 rings (SSSR count). The highest BCUT2D eigenvalue weighted by molar-refractivity contribution is 5.88. The number of hydrogen-bond acceptors (Lipinski definition) is 4. The van der Waals surface area contributed by atoms with Gasteiger partial charge in [0.1, 0.15) is 11.6 Å². The zero-order chi connectivity index (χ0) is 14.7. The monoisotopic (exact) mass is 277 g/mol. The Labute approximate surface area is 116 Å². The van der Waals surface area contributed by atoms with Crippen molar-refractivity contribution >= 4 is 16.9 Å². The second-order valence-electron chi connectivity index (χ2n) is 4.47. The Morgan fingerprint density at radius 2 is 2.05 bits per heavy atom. The lowest BCUT2D eigenvalue weighted by molar-refractivity contribution is -0.145. The molecule has 0 amide bonds. The zero-order valence-corrected chi connectivity index (χ0v) is 11.7. The molecule has 0 saturated carbocycles. The van der Waals surface area contributed by atoms with Gasteiger partial charge in [-0.2, -0.15) is 0 Å². The van der Waals surface area contributed by atoms with Gasteiger partial charge in [-0.05, 0) is 38.5 Å². The van der Waals surface area contributed by atoms with E-state index < -0.39 is 5.97 Å². The molecular formula is C15H16FNO3. The van der Waals surface area contributed by atoms with Gasteiger partial charge in [0.2, 0.25) is 0 Å². The van der Waals surface area contributed by atoms with E-state index in [2.05, 4.69) is 4.98 Å². The van der Waals surface area contributed by atoms with Crippen LogP contribution in [0.25, 0.3) is 10.9 Å². The number of esters is 1. The number of halogens is 1. The van der Waals surface area contributed by atoms with Crippen molar-refractivity contribution in [1.82, 2.24) is 4.98 Å². The number of fused-ring (bicyclic) bond motifs is 1. The lowest BCUT2D eigenvalue weighted by Gasteiger charge is -2.11. The summed E-state index contributed by atoms with van der Waals surface area (Å²) in [6.45, 7) is 5.42. The smallest absolute Gasteiger partial charge is 0.344 e. The Balaban J connectivity index is 2.39. The predicted molar refractivity (Wildman–Crippen MR) is 73.3 cm³/mol. The second-order valence-corrected chi connectivity index (χ2v) is 4.47. The predicted octanol–water partition coefficient (Wildman–Crippen LogP) is 2.93. The van der Waals surface area contributed by atoms with Gasteiger partial charge in [0.25, 0.3) is 0 Å². The molecule has 1 aromatic heterocycles. The molecule has 5 heteroatoms. The van der Waals surface area contributed by atoms with E-state index in [1.807, 2.05) is 6.92 Å². The van der Waals surface area contributed by atoms with E-state index in [1.165, 1.54) is 12.1 Å². The maximum atomic E-state index is 13.5. The summed E-state index contributed by atoms with van der Waals surface area (Å²) in [5, 5.41) is 0.553.